The maximum Gasteiger partial charge on any atom is 0.262 e. The summed E-state index contributed by atoms with van der Waals surface area (Å²) in [4.78, 5) is 13.0. The van der Waals surface area contributed by atoms with Crippen molar-refractivity contribution in [3.05, 3.63) is 51.6 Å². The van der Waals surface area contributed by atoms with Gasteiger partial charge in [0.05, 0.1) is 16.6 Å². The van der Waals surface area contributed by atoms with Crippen LogP contribution < -0.4 is 5.56 Å². The van der Waals surface area contributed by atoms with E-state index in [1.54, 1.807) is 23.4 Å². The Kier molecular flexibility index (Phi) is 5.19. The molecule has 3 aromatic heterocycles. The van der Waals surface area contributed by atoms with Crippen molar-refractivity contribution in [3.8, 4) is 0 Å². The molecule has 0 saturated carbocycles. The van der Waals surface area contributed by atoms with E-state index in [0.717, 1.165) is 34.1 Å². The second-order valence-corrected chi connectivity index (χ2v) is 7.47. The van der Waals surface area contributed by atoms with Crippen LogP contribution in [-0.4, -0.2) is 38.0 Å². The van der Waals surface area contributed by atoms with Crippen molar-refractivity contribution in [1.82, 2.24) is 24.3 Å². The first kappa shape index (κ1) is 18.7. The number of ether oxygens (including phenoxy) is 1. The number of hydrogen-bond donors (Lipinski definition) is 0. The molecule has 0 N–H and O–H groups in total. The van der Waals surface area contributed by atoms with Gasteiger partial charge in [-0.15, -0.1) is 10.2 Å². The Morgan fingerprint density at radius 3 is 2.79 bits per heavy atom. The molecule has 0 amide bonds. The Hall–Kier alpha value is -2.65. The van der Waals surface area contributed by atoms with Gasteiger partial charge >= 0.3 is 0 Å². The first-order chi connectivity index (χ1) is 13.6. The minimum Gasteiger partial charge on any atom is -0.385 e. The van der Waals surface area contributed by atoms with Gasteiger partial charge in [-0.25, -0.2) is 0 Å². The monoisotopic (exact) mass is 399 g/mol. The first-order valence-electron chi connectivity index (χ1n) is 9.02. The van der Waals surface area contributed by atoms with Crippen molar-refractivity contribution in [2.45, 2.75) is 37.7 Å². The SMILES string of the molecule is COCCCn1c(=O)c2ccccc2n2c(SCc3c(C)noc3C)nnc12. The van der Waals surface area contributed by atoms with Gasteiger partial charge in [0.2, 0.25) is 5.78 Å². The summed E-state index contributed by atoms with van der Waals surface area (Å²) in [5.74, 6) is 2.01. The Labute approximate surface area is 165 Å². The van der Waals surface area contributed by atoms with Crippen LogP contribution in [0.25, 0.3) is 16.7 Å². The first-order valence-corrected chi connectivity index (χ1v) is 10.0. The van der Waals surface area contributed by atoms with Crippen LogP contribution in [0, 0.1) is 13.8 Å². The number of rotatable bonds is 7. The van der Waals surface area contributed by atoms with Crippen LogP contribution >= 0.6 is 11.8 Å². The number of hydrogen-bond acceptors (Lipinski definition) is 7. The van der Waals surface area contributed by atoms with Gasteiger partial charge in [0, 0.05) is 31.6 Å². The van der Waals surface area contributed by atoms with Crippen molar-refractivity contribution in [2.24, 2.45) is 0 Å². The molecule has 0 aliphatic carbocycles. The normalized spacial score (nSPS) is 11.7. The number of para-hydroxylation sites is 1. The largest absolute Gasteiger partial charge is 0.385 e. The van der Waals surface area contributed by atoms with Crippen molar-refractivity contribution in [3.63, 3.8) is 0 Å². The number of fused-ring (bicyclic) bond motifs is 3. The highest BCUT2D eigenvalue weighted by atomic mass is 32.2. The van der Waals surface area contributed by atoms with Crippen LogP contribution in [0.4, 0.5) is 0 Å². The Balaban J connectivity index is 1.81. The zero-order valence-electron chi connectivity index (χ0n) is 16.0. The lowest BCUT2D eigenvalue weighted by Crippen LogP contribution is -2.24. The molecular formula is C19H21N5O3S. The van der Waals surface area contributed by atoms with Crippen molar-refractivity contribution >= 4 is 28.4 Å². The molecule has 8 nitrogen and oxygen atoms in total. The van der Waals surface area contributed by atoms with Crippen LogP contribution in [0.1, 0.15) is 23.4 Å². The summed E-state index contributed by atoms with van der Waals surface area (Å²) in [6.45, 7) is 4.93. The number of aromatic nitrogens is 5. The molecule has 0 bridgehead atoms. The fourth-order valence-corrected chi connectivity index (χ4v) is 4.33. The molecule has 0 aliphatic heterocycles. The van der Waals surface area contributed by atoms with Gasteiger partial charge in [0.15, 0.2) is 5.16 Å². The van der Waals surface area contributed by atoms with E-state index in [4.69, 9.17) is 9.26 Å². The van der Waals surface area contributed by atoms with Crippen LogP contribution in [-0.2, 0) is 17.0 Å². The molecule has 0 saturated heterocycles. The Bertz CT molecular complexity index is 1170. The molecule has 4 rings (SSSR count). The summed E-state index contributed by atoms with van der Waals surface area (Å²) >= 11 is 1.55. The lowest BCUT2D eigenvalue weighted by atomic mass is 10.2. The summed E-state index contributed by atoms with van der Waals surface area (Å²) < 4.78 is 14.0. The smallest absolute Gasteiger partial charge is 0.262 e. The van der Waals surface area contributed by atoms with Gasteiger partial charge in [0.25, 0.3) is 5.56 Å². The lowest BCUT2D eigenvalue weighted by Gasteiger charge is -2.11. The summed E-state index contributed by atoms with van der Waals surface area (Å²) in [6.07, 6.45) is 0.721. The van der Waals surface area contributed by atoms with Crippen LogP contribution in [0.5, 0.6) is 0 Å². The average molecular weight is 399 g/mol. The third-order valence-corrected chi connectivity index (χ3v) is 5.69. The molecule has 0 atom stereocenters. The van der Waals surface area contributed by atoms with E-state index in [-0.39, 0.29) is 5.56 Å². The fourth-order valence-electron chi connectivity index (χ4n) is 3.24. The number of aryl methyl sites for hydroxylation is 3. The van der Waals surface area contributed by atoms with E-state index in [1.165, 1.54) is 0 Å². The van der Waals surface area contributed by atoms with Crippen molar-refractivity contribution in [1.29, 1.82) is 0 Å². The molecule has 0 spiro atoms. The fraction of sp³-hybridized carbons (Fsp3) is 0.368. The molecule has 4 aromatic rings. The highest BCUT2D eigenvalue weighted by Gasteiger charge is 2.18. The van der Waals surface area contributed by atoms with E-state index in [9.17, 15) is 4.79 Å². The maximum atomic E-state index is 13.0. The molecule has 28 heavy (non-hydrogen) atoms. The molecule has 146 valence electrons. The number of nitrogens with zero attached hydrogens (tertiary/aromatic N) is 5. The molecule has 0 aliphatic rings. The van der Waals surface area contributed by atoms with Gasteiger partial charge in [0.1, 0.15) is 5.76 Å². The molecule has 0 fully saturated rings. The van der Waals surface area contributed by atoms with Gasteiger partial charge < -0.3 is 9.26 Å². The Morgan fingerprint density at radius 1 is 1.21 bits per heavy atom. The minimum absolute atomic E-state index is 0.0612. The molecule has 0 unspecified atom stereocenters. The van der Waals surface area contributed by atoms with E-state index >= 15 is 0 Å². The summed E-state index contributed by atoms with van der Waals surface area (Å²) in [5.41, 5.74) is 2.67. The van der Waals surface area contributed by atoms with Gasteiger partial charge in [-0.1, -0.05) is 29.1 Å². The van der Waals surface area contributed by atoms with E-state index in [1.807, 2.05) is 42.5 Å². The summed E-state index contributed by atoms with van der Waals surface area (Å²) in [7, 11) is 1.65. The third kappa shape index (κ3) is 3.20. The second-order valence-electron chi connectivity index (χ2n) is 6.53. The van der Waals surface area contributed by atoms with E-state index < -0.39 is 0 Å². The number of thioether (sulfide) groups is 1. The zero-order valence-corrected chi connectivity index (χ0v) is 16.8. The van der Waals surface area contributed by atoms with Gasteiger partial charge in [-0.3, -0.25) is 13.8 Å². The Morgan fingerprint density at radius 2 is 2.04 bits per heavy atom. The van der Waals surface area contributed by atoms with Crippen molar-refractivity contribution in [2.75, 3.05) is 13.7 Å². The lowest BCUT2D eigenvalue weighted by molar-refractivity contribution is 0.190. The topological polar surface area (TPSA) is 87.5 Å². The zero-order chi connectivity index (χ0) is 19.7. The molecule has 1 aromatic carbocycles. The minimum atomic E-state index is -0.0612. The van der Waals surface area contributed by atoms with E-state index in [0.29, 0.717) is 30.1 Å². The van der Waals surface area contributed by atoms with Crippen LogP contribution in [0.3, 0.4) is 0 Å². The molecular weight excluding hydrogens is 378 g/mol. The number of benzene rings is 1. The highest BCUT2D eigenvalue weighted by molar-refractivity contribution is 7.98. The van der Waals surface area contributed by atoms with Crippen LogP contribution in [0.2, 0.25) is 0 Å². The maximum absolute atomic E-state index is 13.0. The third-order valence-electron chi connectivity index (χ3n) is 4.74. The van der Waals surface area contributed by atoms with Gasteiger partial charge in [-0.05, 0) is 32.4 Å². The molecule has 0 radical (unpaired) electrons. The molecule has 3 heterocycles. The summed E-state index contributed by atoms with van der Waals surface area (Å²) in [5, 5.41) is 14.1. The van der Waals surface area contributed by atoms with Gasteiger partial charge in [-0.2, -0.15) is 0 Å². The quantitative estimate of drug-likeness (QED) is 0.349. The number of methoxy groups -OCH3 is 1. The summed E-state index contributed by atoms with van der Waals surface area (Å²) in [6, 6.07) is 7.55. The second kappa shape index (κ2) is 7.76. The average Bonchev–Trinajstić information content (AvgIpc) is 3.26. The van der Waals surface area contributed by atoms with Crippen molar-refractivity contribution < 1.29 is 9.26 Å². The van der Waals surface area contributed by atoms with Crippen LogP contribution in [0.15, 0.2) is 38.7 Å². The molecule has 9 heteroatoms. The van der Waals surface area contributed by atoms with E-state index in [2.05, 4.69) is 15.4 Å². The predicted octanol–water partition coefficient (Wildman–Crippen LogP) is 2.98. The standard InChI is InChI=1S/C19H21N5O3S/c1-12-15(13(2)27-22-12)11-28-19-21-20-18-23(9-6-10-26-3)17(25)14-7-4-5-8-16(14)24(18)19/h4-5,7-8H,6,9-11H2,1-3H3. The predicted molar refractivity (Wildman–Crippen MR) is 107 cm³/mol. The highest BCUT2D eigenvalue weighted by Crippen LogP contribution is 2.27.